The number of rotatable bonds is 9. The molecule has 0 saturated carbocycles. The number of fused-ring (bicyclic) bond motifs is 3. The van der Waals surface area contributed by atoms with Crippen molar-refractivity contribution in [2.24, 2.45) is 17.8 Å². The highest BCUT2D eigenvalue weighted by atomic mass is 16.5. The third-order valence-corrected chi connectivity index (χ3v) is 10.4. The number of imide groups is 1. The van der Waals surface area contributed by atoms with Gasteiger partial charge in [-0.3, -0.25) is 14.5 Å². The van der Waals surface area contributed by atoms with Crippen molar-refractivity contribution < 1.29 is 29.5 Å². The SMILES string of the molecule is Cc1cc(/C=C(/CC[C@H]2OB(O)C[C@H]3C2=C(CO)C[C@H]2C(=O)N(c4ccc(Nc5ccccc5)cc4)C(=O)[C@H]23)c2ccccc2)cc(C)c1O. The largest absolute Gasteiger partial charge is 0.507 e. The average molecular weight is 669 g/mol. The number of carbonyl (C=O) groups excluding carboxylic acids is 2. The van der Waals surface area contributed by atoms with E-state index in [1.807, 2.05) is 86.6 Å². The number of benzene rings is 4. The summed E-state index contributed by atoms with van der Waals surface area (Å²) in [4.78, 5) is 29.4. The van der Waals surface area contributed by atoms with Gasteiger partial charge in [-0.05, 0) is 133 Å². The van der Waals surface area contributed by atoms with Crippen molar-refractivity contribution in [2.75, 3.05) is 16.8 Å². The minimum absolute atomic E-state index is 0.177. The molecule has 9 heteroatoms. The smallest absolute Gasteiger partial charge is 0.455 e. The molecule has 2 heterocycles. The standard InChI is InChI=1S/C41H41BN2O6/c1-25-19-27(20-26(2)39(25)46)21-29(28-9-5-3-6-10-28)13-18-36-37-30(24-45)22-34-38(35(37)23-42(49)50-36)41(48)44(40(34)47)33-16-14-32(15-17-33)43-31-11-7-4-8-12-31/h3-12,14-17,19-21,34-36,38,43,45-46,49H,13,18,22-24H2,1-2H3/b29-21-/t34-,35+,36-,38-/m1/s1. The minimum Gasteiger partial charge on any atom is -0.507 e. The molecule has 7 rings (SSSR count). The zero-order chi connectivity index (χ0) is 34.9. The molecule has 2 saturated heterocycles. The number of aryl methyl sites for hydroxylation is 2. The van der Waals surface area contributed by atoms with Gasteiger partial charge in [0.1, 0.15) is 5.75 Å². The Hall–Kier alpha value is -4.96. The summed E-state index contributed by atoms with van der Waals surface area (Å²) >= 11 is 0. The van der Waals surface area contributed by atoms with E-state index in [0.29, 0.717) is 24.1 Å². The number of phenolic OH excluding ortho intramolecular Hbond substituents is 1. The van der Waals surface area contributed by atoms with Gasteiger partial charge in [0, 0.05) is 11.4 Å². The van der Waals surface area contributed by atoms with Crippen LogP contribution < -0.4 is 10.2 Å². The fourth-order valence-corrected chi connectivity index (χ4v) is 8.06. The molecule has 50 heavy (non-hydrogen) atoms. The first-order chi connectivity index (χ1) is 24.2. The first-order valence-electron chi connectivity index (χ1n) is 17.2. The summed E-state index contributed by atoms with van der Waals surface area (Å²) in [6.45, 7) is 3.51. The molecule has 4 N–H and O–H groups in total. The molecule has 4 aromatic carbocycles. The number of para-hydroxylation sites is 1. The number of carbonyl (C=O) groups is 2. The molecule has 4 atom stereocenters. The first kappa shape index (κ1) is 33.5. The summed E-state index contributed by atoms with van der Waals surface area (Å²) in [5, 5.41) is 35.3. The number of nitrogens with zero attached hydrogens (tertiary/aromatic N) is 1. The molecular formula is C41H41BN2O6. The highest BCUT2D eigenvalue weighted by Gasteiger charge is 2.57. The number of aromatic hydroxyl groups is 1. The summed E-state index contributed by atoms with van der Waals surface area (Å²) < 4.78 is 6.17. The highest BCUT2D eigenvalue weighted by Crippen LogP contribution is 2.51. The van der Waals surface area contributed by atoms with E-state index in [1.165, 1.54) is 4.90 Å². The van der Waals surface area contributed by atoms with Crippen LogP contribution in [0.4, 0.5) is 17.1 Å². The molecule has 0 aromatic heterocycles. The van der Waals surface area contributed by atoms with Gasteiger partial charge in [-0.15, -0.1) is 0 Å². The van der Waals surface area contributed by atoms with Crippen molar-refractivity contribution >= 4 is 47.6 Å². The van der Waals surface area contributed by atoms with E-state index in [0.717, 1.165) is 44.8 Å². The number of nitrogens with one attached hydrogen (secondary N) is 1. The number of amides is 2. The van der Waals surface area contributed by atoms with Gasteiger partial charge in [-0.1, -0.05) is 54.6 Å². The van der Waals surface area contributed by atoms with Crippen molar-refractivity contribution in [1.29, 1.82) is 0 Å². The highest BCUT2D eigenvalue weighted by molar-refractivity contribution is 6.43. The molecule has 2 aliphatic heterocycles. The minimum atomic E-state index is -1.11. The van der Waals surface area contributed by atoms with E-state index < -0.39 is 31.0 Å². The lowest BCUT2D eigenvalue weighted by atomic mass is 9.58. The van der Waals surface area contributed by atoms with Crippen LogP contribution in [0.25, 0.3) is 11.6 Å². The maximum absolute atomic E-state index is 14.2. The molecule has 0 bridgehead atoms. The van der Waals surface area contributed by atoms with Crippen LogP contribution >= 0.6 is 0 Å². The van der Waals surface area contributed by atoms with E-state index in [1.54, 1.807) is 12.1 Å². The van der Waals surface area contributed by atoms with Crippen LogP contribution in [0, 0.1) is 31.6 Å². The van der Waals surface area contributed by atoms with Gasteiger partial charge in [-0.25, -0.2) is 0 Å². The molecule has 1 aliphatic carbocycles. The third-order valence-electron chi connectivity index (χ3n) is 10.4. The number of anilines is 3. The molecule has 2 fully saturated rings. The van der Waals surface area contributed by atoms with Gasteiger partial charge < -0.3 is 25.2 Å². The van der Waals surface area contributed by atoms with Crippen LogP contribution in [0.2, 0.25) is 6.32 Å². The van der Waals surface area contributed by atoms with Gasteiger partial charge in [0.05, 0.1) is 30.2 Å². The summed E-state index contributed by atoms with van der Waals surface area (Å²) in [5.41, 5.74) is 8.47. The van der Waals surface area contributed by atoms with Crippen molar-refractivity contribution in [1.82, 2.24) is 0 Å². The van der Waals surface area contributed by atoms with E-state index in [4.69, 9.17) is 4.65 Å². The summed E-state index contributed by atoms with van der Waals surface area (Å²) in [5.74, 6) is -1.97. The quantitative estimate of drug-likeness (QED) is 0.0652. The van der Waals surface area contributed by atoms with Crippen LogP contribution in [0.3, 0.4) is 0 Å². The molecule has 8 nitrogen and oxygen atoms in total. The van der Waals surface area contributed by atoms with E-state index in [-0.39, 0.29) is 36.9 Å². The lowest BCUT2D eigenvalue weighted by Crippen LogP contribution is -2.46. The number of phenols is 1. The van der Waals surface area contributed by atoms with Crippen LogP contribution in [0.15, 0.2) is 108 Å². The Morgan fingerprint density at radius 3 is 2.20 bits per heavy atom. The molecule has 4 aromatic rings. The van der Waals surface area contributed by atoms with Crippen molar-refractivity contribution in [2.45, 2.75) is 45.5 Å². The number of aliphatic hydroxyl groups excluding tert-OH is 1. The Kier molecular flexibility index (Phi) is 9.47. The zero-order valence-electron chi connectivity index (χ0n) is 28.3. The van der Waals surface area contributed by atoms with E-state index >= 15 is 0 Å². The summed E-state index contributed by atoms with van der Waals surface area (Å²) in [6.07, 6.45) is 3.11. The topological polar surface area (TPSA) is 119 Å². The van der Waals surface area contributed by atoms with Gasteiger partial charge in [0.15, 0.2) is 0 Å². The monoisotopic (exact) mass is 668 g/mol. The Bertz CT molecular complexity index is 1940. The van der Waals surface area contributed by atoms with Gasteiger partial charge in [0.25, 0.3) is 0 Å². The normalized spacial score (nSPS) is 22.1. The second-order valence-electron chi connectivity index (χ2n) is 13.6. The molecule has 3 aliphatic rings. The van der Waals surface area contributed by atoms with E-state index in [9.17, 15) is 24.8 Å². The lowest BCUT2D eigenvalue weighted by molar-refractivity contribution is -0.122. The Morgan fingerprint density at radius 2 is 1.54 bits per heavy atom. The molecule has 0 spiro atoms. The molecule has 254 valence electrons. The Morgan fingerprint density at radius 1 is 0.900 bits per heavy atom. The lowest BCUT2D eigenvalue weighted by Gasteiger charge is -2.43. The number of aliphatic hydroxyl groups is 1. The van der Waals surface area contributed by atoms with Crippen molar-refractivity contribution in [3.63, 3.8) is 0 Å². The van der Waals surface area contributed by atoms with Crippen molar-refractivity contribution in [3.8, 4) is 5.75 Å². The average Bonchev–Trinajstić information content (AvgIpc) is 3.38. The second-order valence-corrected chi connectivity index (χ2v) is 13.6. The van der Waals surface area contributed by atoms with Gasteiger partial charge in [0.2, 0.25) is 11.8 Å². The molecular weight excluding hydrogens is 627 g/mol. The molecule has 0 radical (unpaired) electrons. The number of hydrogen-bond donors (Lipinski definition) is 4. The van der Waals surface area contributed by atoms with Crippen LogP contribution in [0.5, 0.6) is 5.75 Å². The summed E-state index contributed by atoms with van der Waals surface area (Å²) in [7, 11) is -1.11. The maximum Gasteiger partial charge on any atom is 0.455 e. The van der Waals surface area contributed by atoms with Crippen LogP contribution in [-0.4, -0.2) is 46.9 Å². The fourth-order valence-electron chi connectivity index (χ4n) is 8.06. The van der Waals surface area contributed by atoms with Crippen LogP contribution in [0.1, 0.15) is 41.5 Å². The zero-order valence-corrected chi connectivity index (χ0v) is 28.3. The van der Waals surface area contributed by atoms with E-state index in [2.05, 4.69) is 23.5 Å². The molecule has 2 amide bonds. The summed E-state index contributed by atoms with van der Waals surface area (Å²) in [6, 6.07) is 31.0. The maximum atomic E-state index is 14.2. The Balaban J connectivity index is 1.15. The van der Waals surface area contributed by atoms with Crippen LogP contribution in [-0.2, 0) is 14.2 Å². The third kappa shape index (κ3) is 6.52. The predicted molar refractivity (Wildman–Crippen MR) is 197 cm³/mol. The van der Waals surface area contributed by atoms with Gasteiger partial charge >= 0.3 is 7.12 Å². The molecule has 0 unspecified atom stereocenters. The first-order valence-corrected chi connectivity index (χ1v) is 17.2. The predicted octanol–water partition coefficient (Wildman–Crippen LogP) is 7.07. The Labute approximate surface area is 292 Å². The van der Waals surface area contributed by atoms with Gasteiger partial charge in [-0.2, -0.15) is 0 Å². The van der Waals surface area contributed by atoms with Crippen molar-refractivity contribution in [3.05, 3.63) is 130 Å². The number of allylic oxidation sites excluding steroid dienone is 1. The second kappa shape index (κ2) is 14.1. The fraction of sp³-hybridized carbons (Fsp3) is 0.268. The number of hydrogen-bond acceptors (Lipinski definition) is 7.